The molecule has 4 nitrogen and oxygen atoms in total. The molecule has 0 radical (unpaired) electrons. The SMILES string of the molecule is CCNCc1ccc(CN2CCN(C(C)(C)C)CC2)o1. The summed E-state index contributed by atoms with van der Waals surface area (Å²) < 4.78 is 5.86. The molecule has 1 N–H and O–H groups in total. The highest BCUT2D eigenvalue weighted by Crippen LogP contribution is 2.17. The third-order valence-corrected chi connectivity index (χ3v) is 3.97. The molecule has 1 aromatic rings. The largest absolute Gasteiger partial charge is 0.463 e. The number of hydrogen-bond acceptors (Lipinski definition) is 4. The van der Waals surface area contributed by atoms with Crippen LogP contribution in [0.3, 0.4) is 0 Å². The van der Waals surface area contributed by atoms with E-state index in [1.165, 1.54) is 0 Å². The van der Waals surface area contributed by atoms with E-state index in [0.717, 1.165) is 57.3 Å². The molecule has 1 aliphatic heterocycles. The van der Waals surface area contributed by atoms with E-state index in [2.05, 4.69) is 54.9 Å². The quantitative estimate of drug-likeness (QED) is 0.896. The molecule has 0 atom stereocenters. The van der Waals surface area contributed by atoms with Gasteiger partial charge in [-0.05, 0) is 39.4 Å². The fourth-order valence-electron chi connectivity index (χ4n) is 2.65. The first-order valence-corrected chi connectivity index (χ1v) is 7.74. The van der Waals surface area contributed by atoms with Crippen LogP contribution in [0, 0.1) is 0 Å². The van der Waals surface area contributed by atoms with Crippen LogP contribution >= 0.6 is 0 Å². The molecule has 0 bridgehead atoms. The Hall–Kier alpha value is -0.840. The molecule has 0 aromatic carbocycles. The van der Waals surface area contributed by atoms with Crippen molar-refractivity contribution in [3.8, 4) is 0 Å². The molecule has 1 aromatic heterocycles. The highest BCUT2D eigenvalue weighted by atomic mass is 16.3. The highest BCUT2D eigenvalue weighted by molar-refractivity contribution is 5.07. The topological polar surface area (TPSA) is 31.6 Å². The van der Waals surface area contributed by atoms with Crippen molar-refractivity contribution >= 4 is 0 Å². The van der Waals surface area contributed by atoms with Crippen LogP contribution in [0.15, 0.2) is 16.5 Å². The Kier molecular flexibility index (Phi) is 5.24. The van der Waals surface area contributed by atoms with Crippen LogP contribution in [0.2, 0.25) is 0 Å². The lowest BCUT2D eigenvalue weighted by Crippen LogP contribution is -2.53. The minimum atomic E-state index is 0.287. The van der Waals surface area contributed by atoms with Gasteiger partial charge in [-0.1, -0.05) is 6.92 Å². The van der Waals surface area contributed by atoms with Crippen LogP contribution in [0.4, 0.5) is 0 Å². The van der Waals surface area contributed by atoms with Gasteiger partial charge in [-0.25, -0.2) is 0 Å². The maximum absolute atomic E-state index is 5.86. The zero-order valence-electron chi connectivity index (χ0n) is 13.4. The lowest BCUT2D eigenvalue weighted by atomic mass is 10.1. The maximum atomic E-state index is 5.86. The van der Waals surface area contributed by atoms with Gasteiger partial charge in [0, 0.05) is 31.7 Å². The summed E-state index contributed by atoms with van der Waals surface area (Å²) in [6.07, 6.45) is 0. The van der Waals surface area contributed by atoms with Crippen molar-refractivity contribution in [3.05, 3.63) is 23.7 Å². The molecule has 0 amide bonds. The molecule has 0 spiro atoms. The van der Waals surface area contributed by atoms with Crippen molar-refractivity contribution in [2.45, 2.75) is 46.3 Å². The van der Waals surface area contributed by atoms with E-state index in [0.29, 0.717) is 0 Å². The van der Waals surface area contributed by atoms with Crippen molar-refractivity contribution in [1.82, 2.24) is 15.1 Å². The molecule has 0 unspecified atom stereocenters. The van der Waals surface area contributed by atoms with E-state index in [1.54, 1.807) is 0 Å². The molecular formula is C16H29N3O. The minimum absolute atomic E-state index is 0.287. The summed E-state index contributed by atoms with van der Waals surface area (Å²) in [6, 6.07) is 4.20. The Morgan fingerprint density at radius 3 is 2.35 bits per heavy atom. The van der Waals surface area contributed by atoms with Gasteiger partial charge in [-0.15, -0.1) is 0 Å². The summed E-state index contributed by atoms with van der Waals surface area (Å²) in [4.78, 5) is 5.04. The molecule has 1 saturated heterocycles. The summed E-state index contributed by atoms with van der Waals surface area (Å²) in [5.74, 6) is 2.12. The van der Waals surface area contributed by atoms with Gasteiger partial charge < -0.3 is 9.73 Å². The fraction of sp³-hybridized carbons (Fsp3) is 0.750. The maximum Gasteiger partial charge on any atom is 0.118 e. The van der Waals surface area contributed by atoms with Gasteiger partial charge in [-0.3, -0.25) is 9.80 Å². The van der Waals surface area contributed by atoms with Gasteiger partial charge in [0.15, 0.2) is 0 Å². The average molecular weight is 279 g/mol. The van der Waals surface area contributed by atoms with Crippen molar-refractivity contribution in [3.63, 3.8) is 0 Å². The highest BCUT2D eigenvalue weighted by Gasteiger charge is 2.25. The number of furan rings is 1. The standard InChI is InChI=1S/C16H29N3O/c1-5-17-12-14-6-7-15(20-14)13-18-8-10-19(11-9-18)16(2,3)4/h6-7,17H,5,8-13H2,1-4H3. The lowest BCUT2D eigenvalue weighted by Gasteiger charge is -2.42. The second-order valence-electron chi connectivity index (χ2n) is 6.58. The van der Waals surface area contributed by atoms with Gasteiger partial charge in [0.25, 0.3) is 0 Å². The summed E-state index contributed by atoms with van der Waals surface area (Å²) in [5, 5.41) is 3.29. The van der Waals surface area contributed by atoms with E-state index in [1.807, 2.05) is 0 Å². The summed E-state index contributed by atoms with van der Waals surface area (Å²) in [6.45, 7) is 16.3. The first kappa shape index (κ1) is 15.5. The Balaban J connectivity index is 1.79. The van der Waals surface area contributed by atoms with Gasteiger partial charge in [0.2, 0.25) is 0 Å². The van der Waals surface area contributed by atoms with Crippen LogP contribution < -0.4 is 5.32 Å². The van der Waals surface area contributed by atoms with Crippen molar-refractivity contribution < 1.29 is 4.42 Å². The monoisotopic (exact) mass is 279 g/mol. The first-order chi connectivity index (χ1) is 9.49. The summed E-state index contributed by atoms with van der Waals surface area (Å²) in [7, 11) is 0. The second kappa shape index (κ2) is 6.74. The molecule has 2 heterocycles. The normalized spacial score (nSPS) is 18.6. The number of piperazine rings is 1. The molecule has 1 aliphatic rings. The van der Waals surface area contributed by atoms with Crippen LogP contribution in [-0.2, 0) is 13.1 Å². The Morgan fingerprint density at radius 1 is 1.10 bits per heavy atom. The Labute approximate surface area is 123 Å². The van der Waals surface area contributed by atoms with Gasteiger partial charge in [0.1, 0.15) is 11.5 Å². The van der Waals surface area contributed by atoms with Crippen LogP contribution in [0.5, 0.6) is 0 Å². The molecule has 4 heteroatoms. The van der Waals surface area contributed by atoms with Crippen molar-refractivity contribution in [1.29, 1.82) is 0 Å². The van der Waals surface area contributed by atoms with Gasteiger partial charge >= 0.3 is 0 Å². The third kappa shape index (κ3) is 4.33. The Bertz CT molecular complexity index is 400. The van der Waals surface area contributed by atoms with E-state index in [4.69, 9.17) is 4.42 Å². The lowest BCUT2D eigenvalue weighted by molar-refractivity contribution is 0.0561. The molecule has 20 heavy (non-hydrogen) atoms. The van der Waals surface area contributed by atoms with E-state index >= 15 is 0 Å². The Morgan fingerprint density at radius 2 is 1.75 bits per heavy atom. The zero-order valence-corrected chi connectivity index (χ0v) is 13.4. The number of hydrogen-bond donors (Lipinski definition) is 1. The summed E-state index contributed by atoms with van der Waals surface area (Å²) in [5.41, 5.74) is 0.287. The van der Waals surface area contributed by atoms with E-state index in [9.17, 15) is 0 Å². The van der Waals surface area contributed by atoms with Crippen molar-refractivity contribution in [2.24, 2.45) is 0 Å². The molecule has 114 valence electrons. The molecule has 2 rings (SSSR count). The molecule has 0 saturated carbocycles. The van der Waals surface area contributed by atoms with Crippen LogP contribution in [0.1, 0.15) is 39.2 Å². The van der Waals surface area contributed by atoms with Crippen molar-refractivity contribution in [2.75, 3.05) is 32.7 Å². The van der Waals surface area contributed by atoms with Gasteiger partial charge in [-0.2, -0.15) is 0 Å². The average Bonchev–Trinajstić information content (AvgIpc) is 2.83. The van der Waals surface area contributed by atoms with Gasteiger partial charge in [0.05, 0.1) is 13.1 Å². The van der Waals surface area contributed by atoms with Crippen LogP contribution in [-0.4, -0.2) is 48.1 Å². The van der Waals surface area contributed by atoms with Crippen LogP contribution in [0.25, 0.3) is 0 Å². The summed E-state index contributed by atoms with van der Waals surface area (Å²) >= 11 is 0. The van der Waals surface area contributed by atoms with E-state index in [-0.39, 0.29) is 5.54 Å². The molecule has 0 aliphatic carbocycles. The zero-order chi connectivity index (χ0) is 14.6. The predicted octanol–water partition coefficient (Wildman–Crippen LogP) is 2.31. The predicted molar refractivity (Wildman–Crippen MR) is 82.7 cm³/mol. The first-order valence-electron chi connectivity index (χ1n) is 7.74. The molecule has 1 fully saturated rings. The number of nitrogens with one attached hydrogen (secondary N) is 1. The number of nitrogens with zero attached hydrogens (tertiary/aromatic N) is 2. The second-order valence-corrected chi connectivity index (χ2v) is 6.58. The smallest absolute Gasteiger partial charge is 0.118 e. The van der Waals surface area contributed by atoms with E-state index < -0.39 is 0 Å². The minimum Gasteiger partial charge on any atom is -0.463 e. The third-order valence-electron chi connectivity index (χ3n) is 3.97. The molecular weight excluding hydrogens is 250 g/mol. The number of rotatable bonds is 5. The fourth-order valence-corrected chi connectivity index (χ4v) is 2.65.